The smallest absolute Gasteiger partial charge is 0.413 e. The standard InChI is InChI=1S/C21H15ClF4N2O6/c1-10-11(21(24,25)26)6-18(29)28(20(10)31)14-8-15(12(22)7-13(14)23)34-17-5-3-4-16(27-17)33-9-19(30)32-2/h3-8,10H,9H2,1-2H3. The molecule has 180 valence electrons. The quantitative estimate of drug-likeness (QED) is 0.331. The maximum atomic E-state index is 14.6. The summed E-state index contributed by atoms with van der Waals surface area (Å²) < 4.78 is 69.0. The van der Waals surface area contributed by atoms with E-state index in [0.29, 0.717) is 0 Å². The number of methoxy groups -OCH3 is 1. The zero-order chi connectivity index (χ0) is 25.2. The second-order valence-corrected chi connectivity index (χ2v) is 7.25. The Kier molecular flexibility index (Phi) is 7.10. The topological polar surface area (TPSA) is 95.0 Å². The predicted molar refractivity (Wildman–Crippen MR) is 109 cm³/mol. The number of ether oxygens (including phenoxy) is 3. The maximum Gasteiger partial charge on any atom is 0.413 e. The molecule has 1 aromatic carbocycles. The molecule has 8 nitrogen and oxygen atoms in total. The van der Waals surface area contributed by atoms with Gasteiger partial charge in [0, 0.05) is 24.3 Å². The normalized spacial score (nSPS) is 16.3. The molecule has 1 atom stereocenters. The summed E-state index contributed by atoms with van der Waals surface area (Å²) in [5.74, 6) is -6.60. The number of aromatic nitrogens is 1. The van der Waals surface area contributed by atoms with E-state index in [1.165, 1.54) is 25.3 Å². The molecule has 3 rings (SSSR count). The van der Waals surface area contributed by atoms with Crippen molar-refractivity contribution in [1.82, 2.24) is 4.98 Å². The van der Waals surface area contributed by atoms with Gasteiger partial charge in [0.2, 0.25) is 17.7 Å². The first-order valence-corrected chi connectivity index (χ1v) is 9.80. The molecule has 2 amide bonds. The number of nitrogens with zero attached hydrogens (tertiary/aromatic N) is 2. The van der Waals surface area contributed by atoms with Gasteiger partial charge in [-0.2, -0.15) is 18.2 Å². The van der Waals surface area contributed by atoms with E-state index < -0.39 is 53.6 Å². The molecule has 1 aromatic heterocycles. The average Bonchev–Trinajstić information content (AvgIpc) is 2.77. The van der Waals surface area contributed by atoms with Crippen molar-refractivity contribution in [2.24, 2.45) is 5.92 Å². The van der Waals surface area contributed by atoms with Crippen molar-refractivity contribution in [1.29, 1.82) is 0 Å². The average molecular weight is 503 g/mol. The van der Waals surface area contributed by atoms with E-state index in [1.54, 1.807) is 0 Å². The summed E-state index contributed by atoms with van der Waals surface area (Å²) in [6.07, 6.45) is -4.67. The first kappa shape index (κ1) is 25.0. The lowest BCUT2D eigenvalue weighted by Crippen LogP contribution is -2.46. The highest BCUT2D eigenvalue weighted by Gasteiger charge is 2.46. The van der Waals surface area contributed by atoms with Crippen molar-refractivity contribution in [3.8, 4) is 17.5 Å². The van der Waals surface area contributed by atoms with Crippen LogP contribution in [0.1, 0.15) is 6.92 Å². The number of hydrogen-bond donors (Lipinski definition) is 0. The number of amides is 2. The first-order valence-electron chi connectivity index (χ1n) is 9.42. The fourth-order valence-electron chi connectivity index (χ4n) is 2.93. The lowest BCUT2D eigenvalue weighted by atomic mass is 9.94. The van der Waals surface area contributed by atoms with Crippen molar-refractivity contribution in [3.63, 3.8) is 0 Å². The SMILES string of the molecule is COC(=O)COc1cccc(Oc2cc(N3C(=O)C=C(C(F)(F)F)C(C)C3=O)c(F)cc2Cl)n1. The molecule has 0 saturated heterocycles. The number of carbonyl (C=O) groups excluding carboxylic acids is 3. The van der Waals surface area contributed by atoms with E-state index >= 15 is 0 Å². The van der Waals surface area contributed by atoms with Crippen LogP contribution < -0.4 is 14.4 Å². The minimum absolute atomic E-state index is 0.0265. The Morgan fingerprint density at radius 1 is 1.21 bits per heavy atom. The van der Waals surface area contributed by atoms with Gasteiger partial charge < -0.3 is 14.2 Å². The zero-order valence-electron chi connectivity index (χ0n) is 17.5. The molecule has 2 heterocycles. The van der Waals surface area contributed by atoms with Crippen LogP contribution in [0.4, 0.5) is 23.2 Å². The molecule has 1 aliphatic rings. The number of pyridine rings is 1. The molecule has 0 radical (unpaired) electrons. The lowest BCUT2D eigenvalue weighted by molar-refractivity contribution is -0.143. The molecular formula is C21H15ClF4N2O6. The molecule has 0 bridgehead atoms. The Morgan fingerprint density at radius 2 is 1.88 bits per heavy atom. The molecule has 0 saturated carbocycles. The fraction of sp³-hybridized carbons (Fsp3) is 0.238. The van der Waals surface area contributed by atoms with Crippen LogP contribution in [0.15, 0.2) is 42.0 Å². The molecule has 34 heavy (non-hydrogen) atoms. The number of halogens is 5. The molecule has 0 fully saturated rings. The van der Waals surface area contributed by atoms with Crippen LogP contribution >= 0.6 is 11.6 Å². The number of benzene rings is 1. The van der Waals surface area contributed by atoms with Gasteiger partial charge in [0.1, 0.15) is 11.6 Å². The number of anilines is 1. The highest BCUT2D eigenvalue weighted by Crippen LogP contribution is 2.40. The Labute approximate surface area is 194 Å². The van der Waals surface area contributed by atoms with Gasteiger partial charge in [-0.15, -0.1) is 0 Å². The third kappa shape index (κ3) is 5.28. The number of hydrogen-bond acceptors (Lipinski definition) is 7. The summed E-state index contributed by atoms with van der Waals surface area (Å²) in [7, 11) is 1.17. The number of imide groups is 1. The highest BCUT2D eigenvalue weighted by molar-refractivity contribution is 6.32. The molecule has 2 aromatic rings. The summed E-state index contributed by atoms with van der Waals surface area (Å²) in [6.45, 7) is 0.523. The zero-order valence-corrected chi connectivity index (χ0v) is 18.2. The molecule has 13 heteroatoms. The van der Waals surface area contributed by atoms with Crippen LogP contribution in [0.5, 0.6) is 17.5 Å². The second-order valence-electron chi connectivity index (χ2n) is 6.85. The third-order valence-electron chi connectivity index (χ3n) is 4.60. The Balaban J connectivity index is 1.92. The van der Waals surface area contributed by atoms with Gasteiger partial charge in [0.15, 0.2) is 6.61 Å². The summed E-state index contributed by atoms with van der Waals surface area (Å²) in [5.41, 5.74) is -1.99. The minimum Gasteiger partial charge on any atom is -0.466 e. The Hall–Kier alpha value is -3.67. The van der Waals surface area contributed by atoms with E-state index in [2.05, 4.69) is 9.72 Å². The molecule has 0 aliphatic carbocycles. The molecule has 1 unspecified atom stereocenters. The lowest BCUT2D eigenvalue weighted by Gasteiger charge is -2.30. The molecule has 0 N–H and O–H groups in total. The first-order chi connectivity index (χ1) is 15.9. The number of rotatable bonds is 6. The van der Waals surface area contributed by atoms with E-state index in [9.17, 15) is 31.9 Å². The van der Waals surface area contributed by atoms with Crippen LogP contribution in [-0.4, -0.2) is 42.7 Å². The molecular weight excluding hydrogens is 488 g/mol. The maximum absolute atomic E-state index is 14.6. The largest absolute Gasteiger partial charge is 0.466 e. The van der Waals surface area contributed by atoms with Crippen molar-refractivity contribution in [2.45, 2.75) is 13.1 Å². The van der Waals surface area contributed by atoms with Crippen molar-refractivity contribution >= 4 is 35.1 Å². The number of alkyl halides is 3. The third-order valence-corrected chi connectivity index (χ3v) is 4.90. The van der Waals surface area contributed by atoms with Crippen LogP contribution in [0.3, 0.4) is 0 Å². The molecule has 0 spiro atoms. The number of carbonyl (C=O) groups is 3. The highest BCUT2D eigenvalue weighted by atomic mass is 35.5. The van der Waals surface area contributed by atoms with Gasteiger partial charge in [-0.1, -0.05) is 17.7 Å². The van der Waals surface area contributed by atoms with E-state index in [1.807, 2.05) is 0 Å². The van der Waals surface area contributed by atoms with E-state index in [0.717, 1.165) is 19.1 Å². The summed E-state index contributed by atoms with van der Waals surface area (Å²) in [6, 6.07) is 5.84. The van der Waals surface area contributed by atoms with Gasteiger partial charge in [0.05, 0.1) is 29.3 Å². The van der Waals surface area contributed by atoms with E-state index in [-0.39, 0.29) is 33.5 Å². The minimum atomic E-state index is -4.91. The fourth-order valence-corrected chi connectivity index (χ4v) is 3.12. The molecule has 1 aliphatic heterocycles. The summed E-state index contributed by atoms with van der Waals surface area (Å²) in [5, 5.41) is -0.277. The number of esters is 1. The van der Waals surface area contributed by atoms with Crippen LogP contribution in [0.2, 0.25) is 5.02 Å². The summed E-state index contributed by atoms with van der Waals surface area (Å²) >= 11 is 6.00. The monoisotopic (exact) mass is 502 g/mol. The van der Waals surface area contributed by atoms with Crippen molar-refractivity contribution in [3.05, 3.63) is 52.8 Å². The Bertz CT molecular complexity index is 1180. The van der Waals surface area contributed by atoms with Crippen LogP contribution in [-0.2, 0) is 19.1 Å². The summed E-state index contributed by atoms with van der Waals surface area (Å²) in [4.78, 5) is 40.3. The van der Waals surface area contributed by atoms with Crippen LogP contribution in [0, 0.1) is 11.7 Å². The van der Waals surface area contributed by atoms with Crippen LogP contribution in [0.25, 0.3) is 0 Å². The predicted octanol–water partition coefficient (Wildman–Crippen LogP) is 4.22. The van der Waals surface area contributed by atoms with Gasteiger partial charge in [-0.3, -0.25) is 9.59 Å². The van der Waals surface area contributed by atoms with Gasteiger partial charge in [0.25, 0.3) is 5.91 Å². The van der Waals surface area contributed by atoms with Gasteiger partial charge in [-0.05, 0) is 13.0 Å². The van der Waals surface area contributed by atoms with Crippen molar-refractivity contribution < 1.29 is 46.2 Å². The Morgan fingerprint density at radius 3 is 2.53 bits per heavy atom. The van der Waals surface area contributed by atoms with Crippen molar-refractivity contribution in [2.75, 3.05) is 18.6 Å². The van der Waals surface area contributed by atoms with Gasteiger partial charge in [-0.25, -0.2) is 14.1 Å². The van der Waals surface area contributed by atoms with Gasteiger partial charge >= 0.3 is 12.1 Å². The van der Waals surface area contributed by atoms with E-state index in [4.69, 9.17) is 21.1 Å². The second kappa shape index (κ2) is 9.67.